The van der Waals surface area contributed by atoms with Gasteiger partial charge in [0.05, 0.1) is 5.69 Å². The number of hydrogen-bond acceptors (Lipinski definition) is 3. The zero-order chi connectivity index (χ0) is 10.5. The van der Waals surface area contributed by atoms with E-state index in [1.54, 1.807) is 12.4 Å². The van der Waals surface area contributed by atoms with Crippen LogP contribution in [0.1, 0.15) is 43.7 Å². The SMILES string of the molecule is CNC1CCCCC(c2cnccn2)C1. The van der Waals surface area contributed by atoms with Gasteiger partial charge in [-0.05, 0) is 26.3 Å². The van der Waals surface area contributed by atoms with E-state index < -0.39 is 0 Å². The molecule has 0 bridgehead atoms. The Balaban J connectivity index is 2.07. The van der Waals surface area contributed by atoms with Gasteiger partial charge < -0.3 is 5.32 Å². The minimum atomic E-state index is 0.596. The summed E-state index contributed by atoms with van der Waals surface area (Å²) >= 11 is 0. The summed E-state index contributed by atoms with van der Waals surface area (Å²) in [6.45, 7) is 0. The molecule has 1 aliphatic rings. The third-order valence-corrected chi connectivity index (χ3v) is 3.33. The second-order valence-corrected chi connectivity index (χ2v) is 4.33. The van der Waals surface area contributed by atoms with E-state index in [4.69, 9.17) is 0 Å². The lowest BCUT2D eigenvalue weighted by molar-refractivity contribution is 0.466. The molecule has 0 spiro atoms. The van der Waals surface area contributed by atoms with Crippen molar-refractivity contribution in [3.63, 3.8) is 0 Å². The third kappa shape index (κ3) is 2.75. The second kappa shape index (κ2) is 5.21. The molecule has 1 N–H and O–H groups in total. The summed E-state index contributed by atoms with van der Waals surface area (Å²) in [6, 6.07) is 0.652. The molecule has 1 aliphatic carbocycles. The number of hydrogen-bond donors (Lipinski definition) is 1. The van der Waals surface area contributed by atoms with Crippen LogP contribution in [0.4, 0.5) is 0 Å². The van der Waals surface area contributed by atoms with Crippen LogP contribution >= 0.6 is 0 Å². The molecule has 2 rings (SSSR count). The van der Waals surface area contributed by atoms with Crippen molar-refractivity contribution >= 4 is 0 Å². The summed E-state index contributed by atoms with van der Waals surface area (Å²) < 4.78 is 0. The monoisotopic (exact) mass is 205 g/mol. The van der Waals surface area contributed by atoms with Gasteiger partial charge in [-0.2, -0.15) is 0 Å². The van der Waals surface area contributed by atoms with Crippen LogP contribution in [-0.4, -0.2) is 23.1 Å². The molecule has 1 aromatic heterocycles. The van der Waals surface area contributed by atoms with E-state index in [1.807, 2.05) is 6.20 Å². The Morgan fingerprint density at radius 1 is 1.27 bits per heavy atom. The molecule has 15 heavy (non-hydrogen) atoms. The van der Waals surface area contributed by atoms with Gasteiger partial charge >= 0.3 is 0 Å². The summed E-state index contributed by atoms with van der Waals surface area (Å²) in [5.74, 6) is 0.596. The molecular formula is C12H19N3. The molecule has 0 amide bonds. The van der Waals surface area contributed by atoms with Crippen LogP contribution in [0.15, 0.2) is 18.6 Å². The normalized spacial score (nSPS) is 27.3. The van der Waals surface area contributed by atoms with Gasteiger partial charge in [0.1, 0.15) is 0 Å². The summed E-state index contributed by atoms with van der Waals surface area (Å²) in [5.41, 5.74) is 1.17. The second-order valence-electron chi connectivity index (χ2n) is 4.33. The molecular weight excluding hydrogens is 186 g/mol. The topological polar surface area (TPSA) is 37.8 Å². The van der Waals surface area contributed by atoms with Crippen molar-refractivity contribution < 1.29 is 0 Å². The van der Waals surface area contributed by atoms with Crippen molar-refractivity contribution in [1.82, 2.24) is 15.3 Å². The fourth-order valence-electron chi connectivity index (χ4n) is 2.41. The summed E-state index contributed by atoms with van der Waals surface area (Å²) in [7, 11) is 2.06. The van der Waals surface area contributed by atoms with Gasteiger partial charge in [0.25, 0.3) is 0 Å². The zero-order valence-corrected chi connectivity index (χ0v) is 9.32. The largest absolute Gasteiger partial charge is 0.317 e. The lowest BCUT2D eigenvalue weighted by atomic mass is 9.95. The molecule has 82 valence electrons. The van der Waals surface area contributed by atoms with Gasteiger partial charge in [-0.25, -0.2) is 0 Å². The first-order valence-electron chi connectivity index (χ1n) is 5.83. The van der Waals surface area contributed by atoms with Gasteiger partial charge in [-0.1, -0.05) is 12.8 Å². The van der Waals surface area contributed by atoms with Crippen molar-refractivity contribution in [2.45, 2.75) is 44.1 Å². The number of aromatic nitrogens is 2. The van der Waals surface area contributed by atoms with Crippen LogP contribution in [0.5, 0.6) is 0 Å². The van der Waals surface area contributed by atoms with Crippen molar-refractivity contribution in [3.8, 4) is 0 Å². The van der Waals surface area contributed by atoms with E-state index in [-0.39, 0.29) is 0 Å². The van der Waals surface area contributed by atoms with Crippen LogP contribution in [0.25, 0.3) is 0 Å². The molecule has 0 radical (unpaired) electrons. The highest BCUT2D eigenvalue weighted by molar-refractivity contribution is 5.04. The standard InChI is InChI=1S/C12H19N3/c1-13-11-5-3-2-4-10(8-11)12-9-14-6-7-15-12/h6-7,9-11,13H,2-5,8H2,1H3. The smallest absolute Gasteiger partial charge is 0.0618 e. The highest BCUT2D eigenvalue weighted by atomic mass is 14.9. The maximum atomic E-state index is 4.42. The molecule has 0 aliphatic heterocycles. The lowest BCUT2D eigenvalue weighted by Crippen LogP contribution is -2.26. The average molecular weight is 205 g/mol. The highest BCUT2D eigenvalue weighted by Gasteiger charge is 2.21. The minimum absolute atomic E-state index is 0.596. The van der Waals surface area contributed by atoms with E-state index >= 15 is 0 Å². The Morgan fingerprint density at radius 2 is 2.13 bits per heavy atom. The van der Waals surface area contributed by atoms with E-state index in [0.29, 0.717) is 12.0 Å². The van der Waals surface area contributed by atoms with Gasteiger partial charge in [0.15, 0.2) is 0 Å². The quantitative estimate of drug-likeness (QED) is 0.751. The average Bonchev–Trinajstić information content (AvgIpc) is 2.55. The maximum Gasteiger partial charge on any atom is 0.0618 e. The van der Waals surface area contributed by atoms with Crippen LogP contribution in [0, 0.1) is 0 Å². The first-order chi connectivity index (χ1) is 7.40. The fraction of sp³-hybridized carbons (Fsp3) is 0.667. The molecule has 1 heterocycles. The van der Waals surface area contributed by atoms with E-state index in [1.165, 1.54) is 37.8 Å². The third-order valence-electron chi connectivity index (χ3n) is 3.33. The van der Waals surface area contributed by atoms with Crippen molar-refractivity contribution in [2.75, 3.05) is 7.05 Å². The maximum absolute atomic E-state index is 4.42. The van der Waals surface area contributed by atoms with Crippen LogP contribution in [-0.2, 0) is 0 Å². The van der Waals surface area contributed by atoms with Crippen molar-refractivity contribution in [3.05, 3.63) is 24.3 Å². The summed E-state index contributed by atoms with van der Waals surface area (Å²) in [6.07, 6.45) is 11.9. The van der Waals surface area contributed by atoms with Gasteiger partial charge in [0.2, 0.25) is 0 Å². The molecule has 2 atom stereocenters. The summed E-state index contributed by atoms with van der Waals surface area (Å²) in [4.78, 5) is 8.58. The first-order valence-corrected chi connectivity index (χ1v) is 5.83. The number of nitrogens with one attached hydrogen (secondary N) is 1. The number of nitrogens with zero attached hydrogens (tertiary/aromatic N) is 2. The Labute approximate surface area is 91.3 Å². The first kappa shape index (κ1) is 10.6. The van der Waals surface area contributed by atoms with E-state index in [9.17, 15) is 0 Å². The molecule has 1 fully saturated rings. The molecule has 1 saturated carbocycles. The van der Waals surface area contributed by atoms with Crippen molar-refractivity contribution in [2.24, 2.45) is 0 Å². The Morgan fingerprint density at radius 3 is 2.87 bits per heavy atom. The Bertz CT molecular complexity index is 286. The summed E-state index contributed by atoms with van der Waals surface area (Å²) in [5, 5.41) is 3.40. The molecule has 1 aromatic rings. The van der Waals surface area contributed by atoms with Gasteiger partial charge in [-0.3, -0.25) is 9.97 Å². The van der Waals surface area contributed by atoms with E-state index in [0.717, 1.165) is 0 Å². The number of rotatable bonds is 2. The molecule has 3 heteroatoms. The molecule has 0 aromatic carbocycles. The molecule has 0 saturated heterocycles. The fourth-order valence-corrected chi connectivity index (χ4v) is 2.41. The lowest BCUT2D eigenvalue weighted by Gasteiger charge is -2.18. The Kier molecular flexibility index (Phi) is 3.67. The van der Waals surface area contributed by atoms with Crippen LogP contribution in [0.3, 0.4) is 0 Å². The predicted molar refractivity (Wildman–Crippen MR) is 60.7 cm³/mol. The Hall–Kier alpha value is -0.960. The molecule has 3 nitrogen and oxygen atoms in total. The molecule has 2 unspecified atom stereocenters. The van der Waals surface area contributed by atoms with Crippen LogP contribution < -0.4 is 5.32 Å². The predicted octanol–water partition coefficient (Wildman–Crippen LogP) is 2.11. The van der Waals surface area contributed by atoms with Gasteiger partial charge in [-0.15, -0.1) is 0 Å². The van der Waals surface area contributed by atoms with Gasteiger partial charge in [0, 0.05) is 30.6 Å². The zero-order valence-electron chi connectivity index (χ0n) is 9.32. The van der Waals surface area contributed by atoms with E-state index in [2.05, 4.69) is 22.3 Å². The van der Waals surface area contributed by atoms with Crippen LogP contribution in [0.2, 0.25) is 0 Å². The highest BCUT2D eigenvalue weighted by Crippen LogP contribution is 2.29. The van der Waals surface area contributed by atoms with Crippen molar-refractivity contribution in [1.29, 1.82) is 0 Å². The minimum Gasteiger partial charge on any atom is -0.317 e.